The molecule has 1 heterocycles. The molecule has 0 bridgehead atoms. The quantitative estimate of drug-likeness (QED) is 0.647. The molecule has 0 saturated carbocycles. The molecule has 0 atom stereocenters. The number of hydrogen-bond acceptors (Lipinski definition) is 4. The minimum absolute atomic E-state index is 0.0622. The van der Waals surface area contributed by atoms with Gasteiger partial charge in [-0.15, -0.1) is 0 Å². The molecule has 0 fully saturated rings. The van der Waals surface area contributed by atoms with Crippen molar-refractivity contribution in [1.82, 2.24) is 9.97 Å². The second-order valence-corrected chi connectivity index (χ2v) is 4.24. The zero-order valence-electron chi connectivity index (χ0n) is 11.1. The summed E-state index contributed by atoms with van der Waals surface area (Å²) in [5, 5.41) is 7.48. The molecular formula is C14H17N5. The third kappa shape index (κ3) is 2.88. The lowest BCUT2D eigenvalue weighted by Crippen LogP contribution is -2.15. The number of benzene rings is 1. The Morgan fingerprint density at radius 3 is 2.79 bits per heavy atom. The van der Waals surface area contributed by atoms with Crippen LogP contribution >= 0.6 is 0 Å². The highest BCUT2D eigenvalue weighted by molar-refractivity contribution is 5.96. The maximum atomic E-state index is 7.48. The zero-order chi connectivity index (χ0) is 13.8. The van der Waals surface area contributed by atoms with E-state index in [1.54, 1.807) is 6.33 Å². The van der Waals surface area contributed by atoms with Gasteiger partial charge in [0.15, 0.2) is 0 Å². The first kappa shape index (κ1) is 13.0. The minimum atomic E-state index is 0.0622. The first-order valence-corrected chi connectivity index (χ1v) is 6.11. The Hall–Kier alpha value is -2.43. The standard InChI is InChI=1S/C14H17N5/c1-3-11-8-13(18-9-17-11)19(2)12-6-4-5-10(7-12)14(15)16/h4-9H,3H2,1-2H3,(H3,15,16). The molecule has 0 saturated heterocycles. The van der Waals surface area contributed by atoms with Crippen LogP contribution in [0.5, 0.6) is 0 Å². The highest BCUT2D eigenvalue weighted by atomic mass is 15.2. The van der Waals surface area contributed by atoms with Gasteiger partial charge in [-0.25, -0.2) is 9.97 Å². The van der Waals surface area contributed by atoms with Gasteiger partial charge in [-0.2, -0.15) is 0 Å². The third-order valence-corrected chi connectivity index (χ3v) is 2.96. The smallest absolute Gasteiger partial charge is 0.136 e. The molecule has 0 aliphatic carbocycles. The Labute approximate surface area is 112 Å². The van der Waals surface area contributed by atoms with Crippen molar-refractivity contribution in [3.05, 3.63) is 47.9 Å². The second-order valence-electron chi connectivity index (χ2n) is 4.24. The van der Waals surface area contributed by atoms with Crippen LogP contribution in [0.1, 0.15) is 18.2 Å². The Morgan fingerprint density at radius 2 is 2.11 bits per heavy atom. The van der Waals surface area contributed by atoms with E-state index in [1.807, 2.05) is 42.3 Å². The normalized spacial score (nSPS) is 10.2. The lowest BCUT2D eigenvalue weighted by molar-refractivity contribution is 0.980. The van der Waals surface area contributed by atoms with E-state index < -0.39 is 0 Å². The fourth-order valence-corrected chi connectivity index (χ4v) is 1.78. The van der Waals surface area contributed by atoms with Crippen LogP contribution in [0.2, 0.25) is 0 Å². The average molecular weight is 255 g/mol. The molecule has 5 heteroatoms. The maximum Gasteiger partial charge on any atom is 0.136 e. The van der Waals surface area contributed by atoms with Crippen LogP contribution in [-0.4, -0.2) is 22.9 Å². The monoisotopic (exact) mass is 255 g/mol. The summed E-state index contributed by atoms with van der Waals surface area (Å²) in [5.74, 6) is 0.889. The van der Waals surface area contributed by atoms with Crippen molar-refractivity contribution >= 4 is 17.3 Å². The first-order chi connectivity index (χ1) is 9.11. The number of anilines is 2. The molecule has 2 rings (SSSR count). The highest BCUT2D eigenvalue weighted by Gasteiger charge is 2.07. The average Bonchev–Trinajstić information content (AvgIpc) is 2.46. The van der Waals surface area contributed by atoms with Gasteiger partial charge in [-0.1, -0.05) is 19.1 Å². The van der Waals surface area contributed by atoms with E-state index in [-0.39, 0.29) is 5.84 Å². The summed E-state index contributed by atoms with van der Waals surface area (Å²) >= 11 is 0. The lowest BCUT2D eigenvalue weighted by atomic mass is 10.1. The number of nitrogens with one attached hydrogen (secondary N) is 1. The van der Waals surface area contributed by atoms with Crippen LogP contribution in [0.4, 0.5) is 11.5 Å². The highest BCUT2D eigenvalue weighted by Crippen LogP contribution is 2.22. The van der Waals surface area contributed by atoms with Crippen molar-refractivity contribution in [3.63, 3.8) is 0 Å². The molecule has 0 aliphatic rings. The largest absolute Gasteiger partial charge is 0.384 e. The number of nitrogens with two attached hydrogens (primary N) is 1. The number of nitrogen functional groups attached to an aromatic ring is 1. The van der Waals surface area contributed by atoms with Crippen molar-refractivity contribution in [1.29, 1.82) is 5.41 Å². The van der Waals surface area contributed by atoms with Crippen LogP contribution in [0, 0.1) is 5.41 Å². The SMILES string of the molecule is CCc1cc(N(C)c2cccc(C(=N)N)c2)ncn1. The molecule has 0 aliphatic heterocycles. The molecule has 0 spiro atoms. The van der Waals surface area contributed by atoms with E-state index in [9.17, 15) is 0 Å². The van der Waals surface area contributed by atoms with Gasteiger partial charge in [-0.3, -0.25) is 5.41 Å². The molecule has 1 aromatic heterocycles. The van der Waals surface area contributed by atoms with E-state index in [0.29, 0.717) is 5.56 Å². The number of amidine groups is 1. The summed E-state index contributed by atoms with van der Waals surface area (Å²) in [4.78, 5) is 10.4. The van der Waals surface area contributed by atoms with Gasteiger partial charge in [0.1, 0.15) is 18.0 Å². The van der Waals surface area contributed by atoms with Gasteiger partial charge in [0.2, 0.25) is 0 Å². The fourth-order valence-electron chi connectivity index (χ4n) is 1.78. The van der Waals surface area contributed by atoms with Gasteiger partial charge < -0.3 is 10.6 Å². The molecule has 5 nitrogen and oxygen atoms in total. The van der Waals surface area contributed by atoms with E-state index in [0.717, 1.165) is 23.6 Å². The summed E-state index contributed by atoms with van der Waals surface area (Å²) < 4.78 is 0. The van der Waals surface area contributed by atoms with Crippen molar-refractivity contribution in [2.45, 2.75) is 13.3 Å². The van der Waals surface area contributed by atoms with Gasteiger partial charge >= 0.3 is 0 Å². The fraction of sp³-hybridized carbons (Fsp3) is 0.214. The first-order valence-electron chi connectivity index (χ1n) is 6.11. The number of rotatable bonds is 4. The van der Waals surface area contributed by atoms with Gasteiger partial charge in [0, 0.05) is 30.1 Å². The van der Waals surface area contributed by atoms with Crippen LogP contribution in [0.3, 0.4) is 0 Å². The molecule has 0 radical (unpaired) electrons. The predicted molar refractivity (Wildman–Crippen MR) is 76.9 cm³/mol. The van der Waals surface area contributed by atoms with Crippen LogP contribution in [0.15, 0.2) is 36.7 Å². The zero-order valence-corrected chi connectivity index (χ0v) is 11.1. The van der Waals surface area contributed by atoms with Crippen molar-refractivity contribution in [2.24, 2.45) is 5.73 Å². The van der Waals surface area contributed by atoms with E-state index in [1.165, 1.54) is 0 Å². The molecule has 19 heavy (non-hydrogen) atoms. The van der Waals surface area contributed by atoms with Crippen molar-refractivity contribution in [3.8, 4) is 0 Å². The number of hydrogen-bond donors (Lipinski definition) is 2. The van der Waals surface area contributed by atoms with Crippen molar-refractivity contribution in [2.75, 3.05) is 11.9 Å². The van der Waals surface area contributed by atoms with E-state index in [2.05, 4.69) is 16.9 Å². The summed E-state index contributed by atoms with van der Waals surface area (Å²) in [6.07, 6.45) is 2.44. The summed E-state index contributed by atoms with van der Waals surface area (Å²) in [6.45, 7) is 2.06. The molecular weight excluding hydrogens is 238 g/mol. The van der Waals surface area contributed by atoms with Gasteiger partial charge in [-0.05, 0) is 18.6 Å². The third-order valence-electron chi connectivity index (χ3n) is 2.96. The minimum Gasteiger partial charge on any atom is -0.384 e. The Morgan fingerprint density at radius 1 is 1.32 bits per heavy atom. The maximum absolute atomic E-state index is 7.48. The Bertz CT molecular complexity index is 594. The van der Waals surface area contributed by atoms with Crippen molar-refractivity contribution < 1.29 is 0 Å². The van der Waals surface area contributed by atoms with Gasteiger partial charge in [0.05, 0.1) is 0 Å². The molecule has 98 valence electrons. The molecule has 0 amide bonds. The summed E-state index contributed by atoms with van der Waals surface area (Å²) in [7, 11) is 1.93. The number of aromatic nitrogens is 2. The number of nitrogens with zero attached hydrogens (tertiary/aromatic N) is 3. The summed E-state index contributed by atoms with van der Waals surface area (Å²) in [5.41, 5.74) is 8.15. The Kier molecular flexibility index (Phi) is 3.75. The molecule has 2 aromatic rings. The van der Waals surface area contributed by atoms with Gasteiger partial charge in [0.25, 0.3) is 0 Å². The molecule has 0 unspecified atom stereocenters. The number of aryl methyl sites for hydroxylation is 1. The second kappa shape index (κ2) is 5.48. The van der Waals surface area contributed by atoms with Crippen LogP contribution in [-0.2, 0) is 6.42 Å². The Balaban J connectivity index is 2.35. The lowest BCUT2D eigenvalue weighted by Gasteiger charge is -2.19. The predicted octanol–water partition coefficient (Wildman–Crippen LogP) is 2.09. The summed E-state index contributed by atoms with van der Waals surface area (Å²) in [6, 6.07) is 9.48. The van der Waals surface area contributed by atoms with Crippen LogP contribution < -0.4 is 10.6 Å². The topological polar surface area (TPSA) is 78.9 Å². The molecule has 3 N–H and O–H groups in total. The van der Waals surface area contributed by atoms with E-state index in [4.69, 9.17) is 11.1 Å². The van der Waals surface area contributed by atoms with E-state index >= 15 is 0 Å². The van der Waals surface area contributed by atoms with Crippen LogP contribution in [0.25, 0.3) is 0 Å². The molecule has 1 aromatic carbocycles.